The third-order valence-corrected chi connectivity index (χ3v) is 7.74. The Labute approximate surface area is 194 Å². The first-order valence-corrected chi connectivity index (χ1v) is 12.7. The van der Waals surface area contributed by atoms with Crippen molar-refractivity contribution < 1.29 is 24.5 Å². The van der Waals surface area contributed by atoms with Gasteiger partial charge in [0.2, 0.25) is 0 Å². The quantitative estimate of drug-likeness (QED) is 0.218. The van der Waals surface area contributed by atoms with E-state index < -0.39 is 6.10 Å². The maximum Gasteiger partial charge on any atom is 0.305 e. The first kappa shape index (κ1) is 26.8. The van der Waals surface area contributed by atoms with Crippen molar-refractivity contribution in [2.24, 2.45) is 23.2 Å². The van der Waals surface area contributed by atoms with Gasteiger partial charge in [-0.15, -0.1) is 0 Å². The van der Waals surface area contributed by atoms with Crippen LogP contribution < -0.4 is 0 Å². The van der Waals surface area contributed by atoms with Crippen molar-refractivity contribution in [2.75, 3.05) is 13.7 Å². The summed E-state index contributed by atoms with van der Waals surface area (Å²) in [5.74, 6) is 0.0915. The lowest BCUT2D eigenvalue weighted by molar-refractivity contribution is -0.140. The fourth-order valence-corrected chi connectivity index (χ4v) is 6.02. The van der Waals surface area contributed by atoms with Crippen molar-refractivity contribution in [2.45, 2.75) is 96.5 Å². The van der Waals surface area contributed by atoms with Gasteiger partial charge in [0.25, 0.3) is 0 Å². The Hall–Kier alpha value is -1.46. The van der Waals surface area contributed by atoms with Gasteiger partial charge < -0.3 is 14.9 Å². The number of ketones is 1. The summed E-state index contributed by atoms with van der Waals surface area (Å²) in [4.78, 5) is 23.6. The number of aliphatic hydroxyl groups is 2. The second-order valence-electron chi connectivity index (χ2n) is 9.79. The summed E-state index contributed by atoms with van der Waals surface area (Å²) >= 11 is 0. The Morgan fingerprint density at radius 1 is 1.25 bits per heavy atom. The van der Waals surface area contributed by atoms with Crippen molar-refractivity contribution in [3.8, 4) is 0 Å². The molecule has 2 aliphatic carbocycles. The SMILES string of the molecule is CCCC1(C(C/C=C/[C@H]2[C@H](O)CC(=O)[C@@H]2C/C=C\CCCC(=O)OC)CCO)CCCC1. The number of Topliss-reactive ketones (excluding diaryl/α,β-unsaturated/α-hetero) is 1. The number of hydrogen-bond donors (Lipinski definition) is 2. The van der Waals surface area contributed by atoms with Gasteiger partial charge in [-0.25, -0.2) is 0 Å². The molecule has 0 saturated heterocycles. The summed E-state index contributed by atoms with van der Waals surface area (Å²) in [6.07, 6.45) is 19.7. The summed E-state index contributed by atoms with van der Waals surface area (Å²) < 4.78 is 4.64. The lowest BCUT2D eigenvalue weighted by Gasteiger charge is -2.37. The van der Waals surface area contributed by atoms with Crippen LogP contribution in [-0.2, 0) is 14.3 Å². The van der Waals surface area contributed by atoms with E-state index in [4.69, 9.17) is 0 Å². The number of rotatable bonds is 14. The van der Waals surface area contributed by atoms with E-state index in [-0.39, 0.29) is 36.6 Å². The van der Waals surface area contributed by atoms with Gasteiger partial charge in [-0.05, 0) is 62.7 Å². The monoisotopic (exact) mass is 448 g/mol. The molecule has 5 nitrogen and oxygen atoms in total. The average Bonchev–Trinajstić information content (AvgIpc) is 3.35. The molecule has 5 heteroatoms. The van der Waals surface area contributed by atoms with E-state index in [0.29, 0.717) is 24.2 Å². The van der Waals surface area contributed by atoms with Crippen molar-refractivity contribution in [3.05, 3.63) is 24.3 Å². The predicted molar refractivity (Wildman–Crippen MR) is 127 cm³/mol. The molecule has 0 spiro atoms. The average molecular weight is 449 g/mol. The maximum atomic E-state index is 12.5. The van der Waals surface area contributed by atoms with E-state index in [2.05, 4.69) is 23.8 Å². The number of aliphatic hydroxyl groups excluding tert-OH is 2. The van der Waals surface area contributed by atoms with E-state index >= 15 is 0 Å². The first-order valence-electron chi connectivity index (χ1n) is 12.7. The number of unbranched alkanes of at least 4 members (excludes halogenated alkanes) is 1. The van der Waals surface area contributed by atoms with Crippen molar-refractivity contribution >= 4 is 11.8 Å². The zero-order chi connectivity index (χ0) is 23.4. The third-order valence-electron chi connectivity index (χ3n) is 7.74. The molecule has 2 fully saturated rings. The minimum absolute atomic E-state index is 0.136. The summed E-state index contributed by atoms with van der Waals surface area (Å²) in [6, 6.07) is 0. The van der Waals surface area contributed by atoms with E-state index in [0.717, 1.165) is 25.7 Å². The highest BCUT2D eigenvalue weighted by molar-refractivity contribution is 5.84. The topological polar surface area (TPSA) is 83.8 Å². The number of methoxy groups -OCH3 is 1. The molecule has 0 aliphatic heterocycles. The van der Waals surface area contributed by atoms with E-state index in [1.54, 1.807) is 0 Å². The second kappa shape index (κ2) is 13.9. The van der Waals surface area contributed by atoms with Crippen LogP contribution in [0, 0.1) is 23.2 Å². The Morgan fingerprint density at radius 2 is 2.00 bits per heavy atom. The second-order valence-corrected chi connectivity index (χ2v) is 9.79. The van der Waals surface area contributed by atoms with Crippen LogP contribution in [0.2, 0.25) is 0 Å². The molecule has 0 amide bonds. The predicted octanol–water partition coefficient (Wildman–Crippen LogP) is 5.15. The molecule has 2 aliphatic rings. The molecule has 0 radical (unpaired) electrons. The zero-order valence-electron chi connectivity index (χ0n) is 20.1. The van der Waals surface area contributed by atoms with Crippen LogP contribution in [0.4, 0.5) is 0 Å². The Kier molecular flexibility index (Phi) is 11.7. The number of allylic oxidation sites excluding steroid dienone is 3. The number of esters is 1. The van der Waals surface area contributed by atoms with Gasteiger partial charge in [0, 0.05) is 31.3 Å². The fourth-order valence-electron chi connectivity index (χ4n) is 6.02. The first-order chi connectivity index (χ1) is 15.5. The lowest BCUT2D eigenvalue weighted by Crippen LogP contribution is -2.28. The molecule has 32 heavy (non-hydrogen) atoms. The van der Waals surface area contributed by atoms with Gasteiger partial charge in [0.1, 0.15) is 5.78 Å². The number of hydrogen-bond acceptors (Lipinski definition) is 5. The van der Waals surface area contributed by atoms with Crippen molar-refractivity contribution in [1.29, 1.82) is 0 Å². The molecule has 2 rings (SSSR count). The Balaban J connectivity index is 1.93. The van der Waals surface area contributed by atoms with Crippen LogP contribution in [0.25, 0.3) is 0 Å². The molecule has 0 aromatic rings. The van der Waals surface area contributed by atoms with Crippen LogP contribution in [0.15, 0.2) is 24.3 Å². The smallest absolute Gasteiger partial charge is 0.305 e. The molecule has 4 atom stereocenters. The van der Waals surface area contributed by atoms with E-state index in [1.807, 2.05) is 12.2 Å². The normalized spacial score (nSPS) is 26.4. The maximum absolute atomic E-state index is 12.5. The number of ether oxygens (including phenoxy) is 1. The van der Waals surface area contributed by atoms with Crippen LogP contribution in [0.1, 0.15) is 90.4 Å². The van der Waals surface area contributed by atoms with Crippen LogP contribution in [0.3, 0.4) is 0 Å². The highest BCUT2D eigenvalue weighted by Gasteiger charge is 2.41. The summed E-state index contributed by atoms with van der Waals surface area (Å²) in [5.41, 5.74) is 0.346. The van der Waals surface area contributed by atoms with Gasteiger partial charge in [0.15, 0.2) is 0 Å². The van der Waals surface area contributed by atoms with Crippen molar-refractivity contribution in [1.82, 2.24) is 0 Å². The van der Waals surface area contributed by atoms with Crippen LogP contribution >= 0.6 is 0 Å². The minimum Gasteiger partial charge on any atom is -0.469 e. The fraction of sp³-hybridized carbons (Fsp3) is 0.778. The molecular weight excluding hydrogens is 404 g/mol. The highest BCUT2D eigenvalue weighted by Crippen LogP contribution is 2.50. The highest BCUT2D eigenvalue weighted by atomic mass is 16.5. The molecule has 2 N–H and O–H groups in total. The van der Waals surface area contributed by atoms with Gasteiger partial charge in [-0.1, -0.05) is 50.5 Å². The van der Waals surface area contributed by atoms with Gasteiger partial charge in [-0.3, -0.25) is 9.59 Å². The molecular formula is C27H44O5. The Morgan fingerprint density at radius 3 is 2.66 bits per heavy atom. The number of carbonyl (C=O) groups excluding carboxylic acids is 2. The van der Waals surface area contributed by atoms with Gasteiger partial charge in [0.05, 0.1) is 13.2 Å². The molecule has 0 aromatic carbocycles. The van der Waals surface area contributed by atoms with Crippen molar-refractivity contribution in [3.63, 3.8) is 0 Å². The largest absolute Gasteiger partial charge is 0.469 e. The minimum atomic E-state index is -0.608. The standard InChI is InChI=1S/C27H44O5/c1-3-16-27(17-8-9-18-27)21(15-19-28)11-10-13-23-22(24(29)20-25(23)30)12-6-4-5-7-14-26(31)32-2/h4,6,10,13,21-23,25,28,30H,3,5,7-9,11-12,14-20H2,1-2H3/b6-4-,13-10+/t21?,22-,23-,25-/m1/s1. The van der Waals surface area contributed by atoms with Gasteiger partial charge >= 0.3 is 5.97 Å². The zero-order valence-corrected chi connectivity index (χ0v) is 20.1. The summed E-state index contributed by atoms with van der Waals surface area (Å²) in [7, 11) is 1.40. The van der Waals surface area contributed by atoms with E-state index in [1.165, 1.54) is 45.6 Å². The Bertz CT molecular complexity index is 632. The molecule has 1 unspecified atom stereocenters. The molecule has 182 valence electrons. The summed E-state index contributed by atoms with van der Waals surface area (Å²) in [6.45, 7) is 2.47. The summed E-state index contributed by atoms with van der Waals surface area (Å²) in [5, 5.41) is 20.2. The number of carbonyl (C=O) groups is 2. The van der Waals surface area contributed by atoms with Crippen LogP contribution in [0.5, 0.6) is 0 Å². The molecule has 0 heterocycles. The van der Waals surface area contributed by atoms with Gasteiger partial charge in [-0.2, -0.15) is 0 Å². The molecule has 0 aromatic heterocycles. The molecule has 0 bridgehead atoms. The molecule has 2 saturated carbocycles. The lowest BCUT2D eigenvalue weighted by atomic mass is 9.68. The van der Waals surface area contributed by atoms with E-state index in [9.17, 15) is 19.8 Å². The van der Waals surface area contributed by atoms with Crippen LogP contribution in [-0.4, -0.2) is 41.8 Å². The third kappa shape index (κ3) is 7.55.